The number of carbonyl (C=O) groups is 2. The van der Waals surface area contributed by atoms with Crippen LogP contribution in [0.4, 0.5) is 0 Å². The first-order chi connectivity index (χ1) is 18.8. The first-order valence-corrected chi connectivity index (χ1v) is 13.9. The number of amides is 1. The maximum absolute atomic E-state index is 13.4. The number of benzene rings is 2. The molecule has 2 saturated heterocycles. The van der Waals surface area contributed by atoms with Gasteiger partial charge in [0.25, 0.3) is 11.7 Å². The minimum absolute atomic E-state index is 0.00821. The lowest BCUT2D eigenvalue weighted by Crippen LogP contribution is -2.42. The molecule has 2 fully saturated rings. The highest BCUT2D eigenvalue weighted by Gasteiger charge is 2.46. The van der Waals surface area contributed by atoms with Gasteiger partial charge in [-0.2, -0.15) is 0 Å². The molecule has 0 spiro atoms. The number of ketones is 1. The molecule has 1 atom stereocenters. The van der Waals surface area contributed by atoms with Gasteiger partial charge in [-0.15, -0.1) is 0 Å². The number of Topliss-reactive ketones (excluding diaryl/α,β-unsaturated/α-hetero) is 1. The second kappa shape index (κ2) is 13.1. The highest BCUT2D eigenvalue weighted by molar-refractivity contribution is 6.46. The number of rotatable bonds is 11. The summed E-state index contributed by atoms with van der Waals surface area (Å²) in [6.07, 6.45) is 2.01. The van der Waals surface area contributed by atoms with Crippen LogP contribution < -0.4 is 9.47 Å². The third kappa shape index (κ3) is 6.81. The van der Waals surface area contributed by atoms with Crippen molar-refractivity contribution in [3.05, 3.63) is 64.7 Å². The van der Waals surface area contributed by atoms with Crippen molar-refractivity contribution in [3.63, 3.8) is 0 Å². The van der Waals surface area contributed by atoms with Crippen molar-refractivity contribution < 1.29 is 28.9 Å². The van der Waals surface area contributed by atoms with Crippen molar-refractivity contribution in [1.82, 2.24) is 9.80 Å². The average molecular weight is 537 g/mol. The molecule has 2 aliphatic rings. The third-order valence-electron chi connectivity index (χ3n) is 7.07. The number of aliphatic hydroxyl groups excluding tert-OH is 1. The molecule has 4 rings (SSSR count). The summed E-state index contributed by atoms with van der Waals surface area (Å²) < 4.78 is 17.1. The Labute approximate surface area is 231 Å². The van der Waals surface area contributed by atoms with Gasteiger partial charge in [-0.05, 0) is 68.7 Å². The summed E-state index contributed by atoms with van der Waals surface area (Å²) in [5.74, 6) is -0.0243. The molecule has 2 aliphatic heterocycles. The zero-order chi connectivity index (χ0) is 27.9. The molecule has 2 aromatic rings. The van der Waals surface area contributed by atoms with Crippen LogP contribution in [-0.4, -0.2) is 78.7 Å². The normalized spacial score (nSPS) is 19.6. The molecule has 1 amide bonds. The van der Waals surface area contributed by atoms with E-state index in [2.05, 4.69) is 11.8 Å². The van der Waals surface area contributed by atoms with Gasteiger partial charge in [0.2, 0.25) is 0 Å². The van der Waals surface area contributed by atoms with E-state index in [1.54, 1.807) is 23.1 Å². The van der Waals surface area contributed by atoms with Gasteiger partial charge in [0.15, 0.2) is 0 Å². The van der Waals surface area contributed by atoms with Gasteiger partial charge in [0, 0.05) is 31.7 Å². The number of hydrogen-bond donors (Lipinski definition) is 1. The van der Waals surface area contributed by atoms with Crippen LogP contribution in [0.1, 0.15) is 56.3 Å². The first kappa shape index (κ1) is 28.6. The van der Waals surface area contributed by atoms with Gasteiger partial charge in [-0.25, -0.2) is 0 Å². The van der Waals surface area contributed by atoms with Crippen LogP contribution in [0.15, 0.2) is 48.0 Å². The quantitative estimate of drug-likeness (QED) is 0.193. The molecule has 0 saturated carbocycles. The largest absolute Gasteiger partial charge is 0.507 e. The SMILES string of the molecule is CCCCOc1ccc(C2C(=C(O)c3ccc(OC(C)C)c(C)c3)C(=O)C(=O)N2CCN2CCOCC2)cc1. The Morgan fingerprint density at radius 3 is 2.44 bits per heavy atom. The van der Waals surface area contributed by atoms with Crippen molar-refractivity contribution >= 4 is 17.4 Å². The summed E-state index contributed by atoms with van der Waals surface area (Å²) in [7, 11) is 0. The molecule has 0 bridgehead atoms. The van der Waals surface area contributed by atoms with Gasteiger partial charge in [0.05, 0.1) is 37.5 Å². The Bertz CT molecular complexity index is 1180. The number of nitrogens with zero attached hydrogens (tertiary/aromatic N) is 2. The first-order valence-electron chi connectivity index (χ1n) is 13.9. The summed E-state index contributed by atoms with van der Waals surface area (Å²) in [5.41, 5.74) is 2.15. The molecule has 2 heterocycles. The number of likely N-dealkylation sites (tertiary alicyclic amines) is 1. The van der Waals surface area contributed by atoms with E-state index in [0.29, 0.717) is 44.2 Å². The van der Waals surface area contributed by atoms with Crippen molar-refractivity contribution in [2.24, 2.45) is 0 Å². The molecular weight excluding hydrogens is 496 g/mol. The molecule has 0 radical (unpaired) electrons. The molecule has 39 heavy (non-hydrogen) atoms. The second-order valence-corrected chi connectivity index (χ2v) is 10.4. The molecule has 2 aromatic carbocycles. The van der Waals surface area contributed by atoms with E-state index in [1.807, 2.05) is 45.0 Å². The van der Waals surface area contributed by atoms with Gasteiger partial charge < -0.3 is 24.2 Å². The van der Waals surface area contributed by atoms with Crippen molar-refractivity contribution in [2.75, 3.05) is 46.0 Å². The summed E-state index contributed by atoms with van der Waals surface area (Å²) in [4.78, 5) is 30.6. The van der Waals surface area contributed by atoms with Crippen molar-refractivity contribution in [3.8, 4) is 11.5 Å². The van der Waals surface area contributed by atoms with Gasteiger partial charge >= 0.3 is 0 Å². The van der Waals surface area contributed by atoms with Crippen LogP contribution in [-0.2, 0) is 14.3 Å². The van der Waals surface area contributed by atoms with Crippen LogP contribution in [0.25, 0.3) is 5.76 Å². The number of aryl methyl sites for hydroxylation is 1. The Morgan fingerprint density at radius 1 is 1.08 bits per heavy atom. The fourth-order valence-electron chi connectivity index (χ4n) is 4.95. The average Bonchev–Trinajstić information content (AvgIpc) is 3.18. The molecule has 1 unspecified atom stereocenters. The van der Waals surface area contributed by atoms with E-state index in [9.17, 15) is 14.7 Å². The van der Waals surface area contributed by atoms with E-state index in [1.165, 1.54) is 0 Å². The second-order valence-electron chi connectivity index (χ2n) is 10.4. The van der Waals surface area contributed by atoms with Gasteiger partial charge in [-0.1, -0.05) is 25.5 Å². The van der Waals surface area contributed by atoms with Crippen LogP contribution in [0.2, 0.25) is 0 Å². The summed E-state index contributed by atoms with van der Waals surface area (Å²) in [6.45, 7) is 12.4. The predicted octanol–water partition coefficient (Wildman–Crippen LogP) is 4.72. The highest BCUT2D eigenvalue weighted by atomic mass is 16.5. The monoisotopic (exact) mass is 536 g/mol. The minimum Gasteiger partial charge on any atom is -0.507 e. The topological polar surface area (TPSA) is 88.5 Å². The summed E-state index contributed by atoms with van der Waals surface area (Å²) >= 11 is 0. The maximum Gasteiger partial charge on any atom is 0.295 e. The Balaban J connectivity index is 1.69. The maximum atomic E-state index is 13.4. The molecule has 8 nitrogen and oxygen atoms in total. The van der Waals surface area contributed by atoms with Gasteiger partial charge in [0.1, 0.15) is 17.3 Å². The van der Waals surface area contributed by atoms with E-state index in [4.69, 9.17) is 14.2 Å². The fourth-order valence-corrected chi connectivity index (χ4v) is 4.95. The minimum atomic E-state index is -0.706. The fraction of sp³-hybridized carbons (Fsp3) is 0.484. The Hall–Kier alpha value is -3.36. The molecular formula is C31H40N2O6. The van der Waals surface area contributed by atoms with E-state index >= 15 is 0 Å². The van der Waals surface area contributed by atoms with Crippen LogP contribution in [0, 0.1) is 6.92 Å². The number of ether oxygens (including phenoxy) is 3. The van der Waals surface area contributed by atoms with Crippen molar-refractivity contribution in [2.45, 2.75) is 52.7 Å². The Kier molecular flexibility index (Phi) is 9.64. The van der Waals surface area contributed by atoms with E-state index < -0.39 is 17.7 Å². The van der Waals surface area contributed by atoms with Gasteiger partial charge in [-0.3, -0.25) is 14.5 Å². The van der Waals surface area contributed by atoms with E-state index in [0.717, 1.165) is 42.8 Å². The zero-order valence-corrected chi connectivity index (χ0v) is 23.4. The van der Waals surface area contributed by atoms with Crippen LogP contribution >= 0.6 is 0 Å². The third-order valence-corrected chi connectivity index (χ3v) is 7.07. The number of unbranched alkanes of at least 4 members (excludes halogenated alkanes) is 1. The molecule has 8 heteroatoms. The highest BCUT2D eigenvalue weighted by Crippen LogP contribution is 2.40. The number of morpholine rings is 1. The lowest BCUT2D eigenvalue weighted by molar-refractivity contribution is -0.140. The molecule has 0 aromatic heterocycles. The van der Waals surface area contributed by atoms with Crippen molar-refractivity contribution in [1.29, 1.82) is 0 Å². The summed E-state index contributed by atoms with van der Waals surface area (Å²) in [5, 5.41) is 11.5. The van der Waals surface area contributed by atoms with Crippen LogP contribution in [0.3, 0.4) is 0 Å². The van der Waals surface area contributed by atoms with E-state index in [-0.39, 0.29) is 17.4 Å². The van der Waals surface area contributed by atoms with Crippen LogP contribution in [0.5, 0.6) is 11.5 Å². The number of carbonyl (C=O) groups excluding carboxylic acids is 2. The Morgan fingerprint density at radius 2 is 1.79 bits per heavy atom. The lowest BCUT2D eigenvalue weighted by atomic mass is 9.94. The summed E-state index contributed by atoms with van der Waals surface area (Å²) in [6, 6.07) is 12.1. The smallest absolute Gasteiger partial charge is 0.295 e. The molecule has 1 N–H and O–H groups in total. The lowest BCUT2D eigenvalue weighted by Gasteiger charge is -2.31. The predicted molar refractivity (Wildman–Crippen MR) is 150 cm³/mol. The molecule has 0 aliphatic carbocycles. The molecule has 210 valence electrons. The standard InChI is InChI=1S/C31H40N2O6/c1-5-6-17-38-25-10-7-23(8-11-25)28-27(29(34)24-9-12-26(22(4)20-24)39-21(2)3)30(35)31(36)33(28)14-13-32-15-18-37-19-16-32/h7-12,20-21,28,34H,5-6,13-19H2,1-4H3. The zero-order valence-electron chi connectivity index (χ0n) is 23.4. The number of hydrogen-bond acceptors (Lipinski definition) is 7. The number of aliphatic hydroxyl groups is 1.